The molecule has 0 atom stereocenters. The van der Waals surface area contributed by atoms with Crippen LogP contribution in [0.1, 0.15) is 22.5 Å². The van der Waals surface area contributed by atoms with Gasteiger partial charge in [0.15, 0.2) is 0 Å². The molecule has 0 saturated carbocycles. The lowest BCUT2D eigenvalue weighted by Crippen LogP contribution is -2.04. The van der Waals surface area contributed by atoms with Crippen molar-refractivity contribution in [2.75, 3.05) is 0 Å². The van der Waals surface area contributed by atoms with Crippen molar-refractivity contribution in [2.24, 2.45) is 0 Å². The molecule has 0 N–H and O–H groups in total. The number of hydrogen-bond acceptors (Lipinski definition) is 2. The first-order valence-corrected chi connectivity index (χ1v) is 4.44. The third-order valence-electron chi connectivity index (χ3n) is 1.38. The highest BCUT2D eigenvalue weighted by atomic mass is 79.9. The quantitative estimate of drug-likeness (QED) is 0.617. The topological polar surface area (TPSA) is 30.0 Å². The molecular formula is C7H2BrClF3NO. The van der Waals surface area contributed by atoms with E-state index in [0.717, 1.165) is 6.07 Å². The SMILES string of the molecule is O=C(Cl)c1nc(F)c(Br)cc1C(F)F. The van der Waals surface area contributed by atoms with Crippen LogP contribution in [-0.2, 0) is 0 Å². The van der Waals surface area contributed by atoms with Gasteiger partial charge in [0.05, 0.1) is 4.47 Å². The van der Waals surface area contributed by atoms with Gasteiger partial charge in [0.1, 0.15) is 5.69 Å². The molecule has 1 heterocycles. The van der Waals surface area contributed by atoms with E-state index in [9.17, 15) is 18.0 Å². The van der Waals surface area contributed by atoms with E-state index in [-0.39, 0.29) is 4.47 Å². The van der Waals surface area contributed by atoms with Crippen LogP contribution in [0.4, 0.5) is 13.2 Å². The average molecular weight is 288 g/mol. The standard InChI is InChI=1S/C7H2BrClF3NO/c8-3-1-2(6(10)11)4(5(9)14)13-7(3)12/h1,6H. The molecular weight excluding hydrogens is 286 g/mol. The second-order valence-corrected chi connectivity index (χ2v) is 3.47. The van der Waals surface area contributed by atoms with E-state index in [4.69, 9.17) is 11.6 Å². The largest absolute Gasteiger partial charge is 0.274 e. The highest BCUT2D eigenvalue weighted by molar-refractivity contribution is 9.10. The van der Waals surface area contributed by atoms with Crippen LogP contribution in [0.3, 0.4) is 0 Å². The van der Waals surface area contributed by atoms with Gasteiger partial charge in [0, 0.05) is 5.56 Å². The Labute approximate surface area is 90.2 Å². The second kappa shape index (κ2) is 4.27. The summed E-state index contributed by atoms with van der Waals surface area (Å²) in [5, 5.41) is -1.22. The van der Waals surface area contributed by atoms with Crippen LogP contribution in [0.15, 0.2) is 10.5 Å². The maximum Gasteiger partial charge on any atom is 0.271 e. The molecule has 0 amide bonds. The number of rotatable bonds is 2. The molecule has 0 saturated heterocycles. The zero-order chi connectivity index (χ0) is 10.9. The third-order valence-corrected chi connectivity index (χ3v) is 2.12. The van der Waals surface area contributed by atoms with Gasteiger partial charge in [0.25, 0.3) is 11.7 Å². The van der Waals surface area contributed by atoms with Crippen molar-refractivity contribution in [3.8, 4) is 0 Å². The van der Waals surface area contributed by atoms with Crippen LogP contribution < -0.4 is 0 Å². The third kappa shape index (κ3) is 2.24. The first kappa shape index (κ1) is 11.5. The predicted octanol–water partition coefficient (Wildman–Crippen LogP) is 3.30. The van der Waals surface area contributed by atoms with Gasteiger partial charge in [-0.3, -0.25) is 4.79 Å². The first-order valence-electron chi connectivity index (χ1n) is 3.27. The molecule has 0 bridgehead atoms. The van der Waals surface area contributed by atoms with Crippen LogP contribution in [0, 0.1) is 5.95 Å². The molecule has 0 spiro atoms. The lowest BCUT2D eigenvalue weighted by Gasteiger charge is -2.04. The number of carbonyl (C=O) groups excluding carboxylic acids is 1. The Morgan fingerprint density at radius 3 is 2.57 bits per heavy atom. The summed E-state index contributed by atoms with van der Waals surface area (Å²) in [6.07, 6.45) is -2.93. The summed E-state index contributed by atoms with van der Waals surface area (Å²) in [7, 11) is 0. The second-order valence-electron chi connectivity index (χ2n) is 2.27. The molecule has 76 valence electrons. The lowest BCUT2D eigenvalue weighted by molar-refractivity contribution is 0.105. The molecule has 1 aromatic heterocycles. The molecule has 1 aromatic rings. The first-order chi connectivity index (χ1) is 6.43. The molecule has 1 rings (SSSR count). The highest BCUT2D eigenvalue weighted by Gasteiger charge is 2.21. The summed E-state index contributed by atoms with van der Waals surface area (Å²) in [6, 6.07) is 0.780. The van der Waals surface area contributed by atoms with Crippen molar-refractivity contribution in [1.29, 1.82) is 0 Å². The average Bonchev–Trinajstić information content (AvgIpc) is 2.08. The van der Waals surface area contributed by atoms with E-state index in [1.165, 1.54) is 0 Å². The van der Waals surface area contributed by atoms with Crippen molar-refractivity contribution in [1.82, 2.24) is 4.98 Å². The Balaban J connectivity index is 3.39. The zero-order valence-corrected chi connectivity index (χ0v) is 8.74. The van der Waals surface area contributed by atoms with Crippen LogP contribution in [0.5, 0.6) is 0 Å². The van der Waals surface area contributed by atoms with E-state index in [1.807, 2.05) is 0 Å². The van der Waals surface area contributed by atoms with Crippen molar-refractivity contribution >= 4 is 32.8 Å². The van der Waals surface area contributed by atoms with Crippen LogP contribution >= 0.6 is 27.5 Å². The number of aromatic nitrogens is 1. The molecule has 7 heteroatoms. The van der Waals surface area contributed by atoms with Crippen LogP contribution in [0.25, 0.3) is 0 Å². The predicted molar refractivity (Wildman–Crippen MR) is 47.0 cm³/mol. The van der Waals surface area contributed by atoms with E-state index in [1.54, 1.807) is 0 Å². The number of alkyl halides is 2. The summed E-state index contributed by atoms with van der Waals surface area (Å²) in [5.41, 5.74) is -1.46. The fourth-order valence-electron chi connectivity index (χ4n) is 0.804. The van der Waals surface area contributed by atoms with Gasteiger partial charge < -0.3 is 0 Å². The van der Waals surface area contributed by atoms with Gasteiger partial charge in [-0.25, -0.2) is 13.8 Å². The highest BCUT2D eigenvalue weighted by Crippen LogP contribution is 2.27. The van der Waals surface area contributed by atoms with Crippen molar-refractivity contribution in [3.63, 3.8) is 0 Å². The van der Waals surface area contributed by atoms with Crippen LogP contribution in [0.2, 0.25) is 0 Å². The molecule has 0 aliphatic carbocycles. The fraction of sp³-hybridized carbons (Fsp3) is 0.143. The zero-order valence-electron chi connectivity index (χ0n) is 6.40. The summed E-state index contributed by atoms with van der Waals surface area (Å²) in [6.45, 7) is 0. The van der Waals surface area contributed by atoms with Gasteiger partial charge in [-0.15, -0.1) is 0 Å². The van der Waals surface area contributed by atoms with Crippen molar-refractivity contribution in [2.45, 2.75) is 6.43 Å². The lowest BCUT2D eigenvalue weighted by atomic mass is 10.2. The van der Waals surface area contributed by atoms with E-state index >= 15 is 0 Å². The molecule has 0 unspecified atom stereocenters. The summed E-state index contributed by atoms with van der Waals surface area (Å²) in [4.78, 5) is 13.6. The summed E-state index contributed by atoms with van der Waals surface area (Å²) in [5.74, 6) is -1.06. The molecule has 2 nitrogen and oxygen atoms in total. The number of halogens is 5. The summed E-state index contributed by atoms with van der Waals surface area (Å²) < 4.78 is 37.1. The van der Waals surface area contributed by atoms with E-state index < -0.39 is 28.9 Å². The Morgan fingerprint density at radius 1 is 1.57 bits per heavy atom. The monoisotopic (exact) mass is 287 g/mol. The van der Waals surface area contributed by atoms with Gasteiger partial charge in [0.2, 0.25) is 5.95 Å². The maximum atomic E-state index is 12.8. The number of carbonyl (C=O) groups is 1. The molecule has 0 radical (unpaired) electrons. The van der Waals surface area contributed by atoms with Gasteiger partial charge >= 0.3 is 0 Å². The maximum absolute atomic E-state index is 12.8. The van der Waals surface area contributed by atoms with Crippen LogP contribution in [-0.4, -0.2) is 10.2 Å². The fourth-order valence-corrected chi connectivity index (χ4v) is 1.29. The minimum absolute atomic E-state index is 0.241. The van der Waals surface area contributed by atoms with E-state index in [0.29, 0.717) is 0 Å². The minimum Gasteiger partial charge on any atom is -0.274 e. The Hall–Kier alpha value is -0.620. The summed E-state index contributed by atoms with van der Waals surface area (Å²) >= 11 is 7.63. The minimum atomic E-state index is -2.93. The molecule has 14 heavy (non-hydrogen) atoms. The molecule has 0 aliphatic heterocycles. The van der Waals surface area contributed by atoms with Gasteiger partial charge in [-0.2, -0.15) is 4.39 Å². The van der Waals surface area contributed by atoms with Crippen molar-refractivity contribution < 1.29 is 18.0 Å². The number of hydrogen-bond donors (Lipinski definition) is 0. The Kier molecular flexibility index (Phi) is 3.49. The van der Waals surface area contributed by atoms with Gasteiger partial charge in [-0.1, -0.05) is 0 Å². The van der Waals surface area contributed by atoms with E-state index in [2.05, 4.69) is 20.9 Å². The molecule has 0 fully saturated rings. The molecule has 0 aliphatic rings. The normalized spacial score (nSPS) is 10.7. The number of pyridine rings is 1. The number of nitrogens with zero attached hydrogens (tertiary/aromatic N) is 1. The smallest absolute Gasteiger partial charge is 0.271 e. The Bertz CT molecular complexity index is 385. The Morgan fingerprint density at radius 2 is 2.14 bits per heavy atom. The van der Waals surface area contributed by atoms with Gasteiger partial charge in [-0.05, 0) is 33.6 Å². The molecule has 0 aromatic carbocycles. The van der Waals surface area contributed by atoms with Crippen molar-refractivity contribution in [3.05, 3.63) is 27.7 Å².